The van der Waals surface area contributed by atoms with Gasteiger partial charge in [-0.15, -0.1) is 0 Å². The molecule has 1 aliphatic rings. The van der Waals surface area contributed by atoms with Crippen molar-refractivity contribution in [1.29, 1.82) is 0 Å². The Morgan fingerprint density at radius 2 is 1.94 bits per heavy atom. The predicted octanol–water partition coefficient (Wildman–Crippen LogP) is 1.45. The number of amides is 1. The van der Waals surface area contributed by atoms with E-state index in [9.17, 15) is 9.59 Å². The molecule has 4 nitrogen and oxygen atoms in total. The molecular formula is C14H26N2O2. The lowest BCUT2D eigenvalue weighted by Crippen LogP contribution is -2.41. The standard InChI is InChI=1S/C14H26N2O2/c1-4-11(2)14(18)10-16-7-5-13(6-8-16)9-15-12(3)17/h11,13H,4-10H2,1-3H3,(H,15,17). The number of Topliss-reactive ketones (excluding diaryl/α,β-unsaturated/α-hetero) is 1. The quantitative estimate of drug-likeness (QED) is 0.780. The molecule has 0 aromatic carbocycles. The van der Waals surface area contributed by atoms with Gasteiger partial charge in [-0.25, -0.2) is 0 Å². The molecule has 1 rings (SSSR count). The number of carbonyl (C=O) groups is 2. The molecule has 0 spiro atoms. The first-order valence-corrected chi connectivity index (χ1v) is 7.02. The van der Waals surface area contributed by atoms with Crippen LogP contribution in [0.5, 0.6) is 0 Å². The van der Waals surface area contributed by atoms with E-state index in [2.05, 4.69) is 17.1 Å². The van der Waals surface area contributed by atoms with E-state index in [4.69, 9.17) is 0 Å². The summed E-state index contributed by atoms with van der Waals surface area (Å²) in [5.41, 5.74) is 0. The van der Waals surface area contributed by atoms with Crippen LogP contribution in [0.3, 0.4) is 0 Å². The average molecular weight is 254 g/mol. The van der Waals surface area contributed by atoms with E-state index in [0.29, 0.717) is 18.2 Å². The van der Waals surface area contributed by atoms with Crippen LogP contribution in [0.4, 0.5) is 0 Å². The molecule has 104 valence electrons. The third-order valence-corrected chi connectivity index (χ3v) is 3.89. The first-order chi connectivity index (χ1) is 8.52. The van der Waals surface area contributed by atoms with Gasteiger partial charge in [0, 0.05) is 19.4 Å². The van der Waals surface area contributed by atoms with Crippen LogP contribution in [0, 0.1) is 11.8 Å². The zero-order valence-electron chi connectivity index (χ0n) is 11.9. The van der Waals surface area contributed by atoms with E-state index >= 15 is 0 Å². The zero-order chi connectivity index (χ0) is 13.5. The van der Waals surface area contributed by atoms with E-state index in [-0.39, 0.29) is 11.8 Å². The van der Waals surface area contributed by atoms with E-state index < -0.39 is 0 Å². The molecule has 0 aromatic heterocycles. The van der Waals surface area contributed by atoms with Crippen LogP contribution in [0.25, 0.3) is 0 Å². The zero-order valence-corrected chi connectivity index (χ0v) is 11.9. The summed E-state index contributed by atoms with van der Waals surface area (Å²) in [6.07, 6.45) is 3.08. The summed E-state index contributed by atoms with van der Waals surface area (Å²) in [5, 5.41) is 2.87. The molecule has 0 bridgehead atoms. The number of hydrogen-bond acceptors (Lipinski definition) is 3. The van der Waals surface area contributed by atoms with Crippen LogP contribution >= 0.6 is 0 Å². The number of likely N-dealkylation sites (tertiary alicyclic amines) is 1. The molecule has 1 fully saturated rings. The molecule has 1 unspecified atom stereocenters. The van der Waals surface area contributed by atoms with Crippen molar-refractivity contribution >= 4 is 11.7 Å². The van der Waals surface area contributed by atoms with Crippen LogP contribution in [0.15, 0.2) is 0 Å². The normalized spacial score (nSPS) is 19.5. The van der Waals surface area contributed by atoms with Crippen molar-refractivity contribution in [1.82, 2.24) is 10.2 Å². The Bertz CT molecular complexity index is 284. The van der Waals surface area contributed by atoms with E-state index in [1.54, 1.807) is 6.92 Å². The molecule has 1 atom stereocenters. The number of ketones is 1. The van der Waals surface area contributed by atoms with Crippen molar-refractivity contribution in [2.75, 3.05) is 26.2 Å². The van der Waals surface area contributed by atoms with Crippen LogP contribution in [0.2, 0.25) is 0 Å². The van der Waals surface area contributed by atoms with Gasteiger partial charge in [-0.2, -0.15) is 0 Å². The molecular weight excluding hydrogens is 228 g/mol. The average Bonchev–Trinajstić information content (AvgIpc) is 2.36. The number of hydrogen-bond donors (Lipinski definition) is 1. The predicted molar refractivity (Wildman–Crippen MR) is 72.3 cm³/mol. The van der Waals surface area contributed by atoms with Crippen molar-refractivity contribution in [2.45, 2.75) is 40.0 Å². The van der Waals surface area contributed by atoms with E-state index in [0.717, 1.165) is 38.9 Å². The Labute approximate surface area is 110 Å². The highest BCUT2D eigenvalue weighted by Crippen LogP contribution is 2.17. The number of nitrogens with zero attached hydrogens (tertiary/aromatic N) is 1. The lowest BCUT2D eigenvalue weighted by atomic mass is 9.95. The summed E-state index contributed by atoms with van der Waals surface area (Å²) in [6, 6.07) is 0. The summed E-state index contributed by atoms with van der Waals surface area (Å²) >= 11 is 0. The monoisotopic (exact) mass is 254 g/mol. The Morgan fingerprint density at radius 1 is 1.33 bits per heavy atom. The fourth-order valence-electron chi connectivity index (χ4n) is 2.24. The summed E-state index contributed by atoms with van der Waals surface area (Å²) in [4.78, 5) is 24.9. The van der Waals surface area contributed by atoms with Gasteiger partial charge in [0.2, 0.25) is 5.91 Å². The molecule has 1 N–H and O–H groups in total. The second-order valence-electron chi connectivity index (χ2n) is 5.43. The molecule has 0 radical (unpaired) electrons. The summed E-state index contributed by atoms with van der Waals surface area (Å²) in [7, 11) is 0. The lowest BCUT2D eigenvalue weighted by molar-refractivity contribution is -0.123. The molecule has 0 aromatic rings. The maximum absolute atomic E-state index is 11.8. The SMILES string of the molecule is CCC(C)C(=O)CN1CCC(CNC(C)=O)CC1. The molecule has 1 saturated heterocycles. The van der Waals surface area contributed by atoms with Gasteiger partial charge in [-0.3, -0.25) is 14.5 Å². The number of carbonyl (C=O) groups excluding carboxylic acids is 2. The first-order valence-electron chi connectivity index (χ1n) is 7.02. The lowest BCUT2D eigenvalue weighted by Gasteiger charge is -2.31. The Kier molecular flexibility index (Phi) is 6.33. The minimum atomic E-state index is 0.0457. The van der Waals surface area contributed by atoms with Crippen LogP contribution < -0.4 is 5.32 Å². The third-order valence-electron chi connectivity index (χ3n) is 3.89. The Balaban J connectivity index is 2.23. The smallest absolute Gasteiger partial charge is 0.216 e. The molecule has 0 aliphatic carbocycles. The first kappa shape index (κ1) is 15.2. The van der Waals surface area contributed by atoms with Gasteiger partial charge < -0.3 is 5.32 Å². The highest BCUT2D eigenvalue weighted by atomic mass is 16.1. The molecule has 1 aliphatic heterocycles. The van der Waals surface area contributed by atoms with Crippen LogP contribution in [-0.4, -0.2) is 42.8 Å². The minimum absolute atomic E-state index is 0.0457. The van der Waals surface area contributed by atoms with Gasteiger partial charge in [0.1, 0.15) is 5.78 Å². The Morgan fingerprint density at radius 3 is 2.44 bits per heavy atom. The van der Waals surface area contributed by atoms with Gasteiger partial charge in [0.15, 0.2) is 0 Å². The topological polar surface area (TPSA) is 49.4 Å². The van der Waals surface area contributed by atoms with E-state index in [1.807, 2.05) is 6.92 Å². The largest absolute Gasteiger partial charge is 0.356 e. The maximum atomic E-state index is 11.8. The molecule has 1 amide bonds. The highest BCUT2D eigenvalue weighted by Gasteiger charge is 2.22. The van der Waals surface area contributed by atoms with Gasteiger partial charge in [-0.05, 0) is 38.3 Å². The summed E-state index contributed by atoms with van der Waals surface area (Å²) in [6.45, 7) is 8.96. The van der Waals surface area contributed by atoms with Gasteiger partial charge in [-0.1, -0.05) is 13.8 Å². The Hall–Kier alpha value is -0.900. The van der Waals surface area contributed by atoms with Crippen molar-refractivity contribution in [3.8, 4) is 0 Å². The van der Waals surface area contributed by atoms with Crippen LogP contribution in [0.1, 0.15) is 40.0 Å². The van der Waals surface area contributed by atoms with E-state index in [1.165, 1.54) is 0 Å². The number of piperidine rings is 1. The van der Waals surface area contributed by atoms with Crippen LogP contribution in [-0.2, 0) is 9.59 Å². The van der Waals surface area contributed by atoms with Gasteiger partial charge in [0.25, 0.3) is 0 Å². The van der Waals surface area contributed by atoms with Gasteiger partial charge >= 0.3 is 0 Å². The van der Waals surface area contributed by atoms with Crippen molar-refractivity contribution in [3.05, 3.63) is 0 Å². The van der Waals surface area contributed by atoms with Gasteiger partial charge in [0.05, 0.1) is 6.54 Å². The van der Waals surface area contributed by atoms with Crippen molar-refractivity contribution in [3.63, 3.8) is 0 Å². The second-order valence-corrected chi connectivity index (χ2v) is 5.43. The summed E-state index contributed by atoms with van der Waals surface area (Å²) in [5.74, 6) is 1.16. The fraction of sp³-hybridized carbons (Fsp3) is 0.857. The molecule has 0 saturated carbocycles. The number of rotatable bonds is 6. The van der Waals surface area contributed by atoms with Crippen molar-refractivity contribution in [2.24, 2.45) is 11.8 Å². The molecule has 18 heavy (non-hydrogen) atoms. The maximum Gasteiger partial charge on any atom is 0.216 e. The van der Waals surface area contributed by atoms with Crippen molar-refractivity contribution < 1.29 is 9.59 Å². The summed E-state index contributed by atoms with van der Waals surface area (Å²) < 4.78 is 0. The molecule has 4 heteroatoms. The highest BCUT2D eigenvalue weighted by molar-refractivity contribution is 5.82. The second kappa shape index (κ2) is 7.52. The molecule has 1 heterocycles. The minimum Gasteiger partial charge on any atom is -0.356 e. The third kappa shape index (κ3) is 5.17. The number of nitrogens with one attached hydrogen (secondary N) is 1. The fourth-order valence-corrected chi connectivity index (χ4v) is 2.24.